The number of fused-ring (bicyclic) bond motifs is 2. The molecule has 25 heavy (non-hydrogen) atoms. The third kappa shape index (κ3) is 2.89. The van der Waals surface area contributed by atoms with E-state index in [2.05, 4.69) is 10.2 Å². The van der Waals surface area contributed by atoms with Gasteiger partial charge in [-0.05, 0) is 18.6 Å². The van der Waals surface area contributed by atoms with Crippen LogP contribution in [0, 0.1) is 0 Å². The first kappa shape index (κ1) is 15.8. The van der Waals surface area contributed by atoms with E-state index in [1.807, 2.05) is 24.3 Å². The number of nitrogens with zero attached hydrogens (tertiary/aromatic N) is 3. The van der Waals surface area contributed by atoms with Crippen molar-refractivity contribution in [3.05, 3.63) is 65.9 Å². The van der Waals surface area contributed by atoms with Crippen LogP contribution in [0.15, 0.2) is 59.8 Å². The van der Waals surface area contributed by atoms with Crippen LogP contribution in [0.2, 0.25) is 0 Å². The largest absolute Gasteiger partial charge is 0.274 e. The topological polar surface area (TPSA) is 63.2 Å². The Morgan fingerprint density at radius 1 is 0.920 bits per heavy atom. The molecule has 1 aliphatic rings. The Balaban J connectivity index is 1.39. The fourth-order valence-corrected chi connectivity index (χ4v) is 3.86. The average Bonchev–Trinajstić information content (AvgIpc) is 2.90. The summed E-state index contributed by atoms with van der Waals surface area (Å²) in [6, 6.07) is 15.0. The van der Waals surface area contributed by atoms with Crippen molar-refractivity contribution in [3.63, 3.8) is 0 Å². The van der Waals surface area contributed by atoms with Crippen molar-refractivity contribution < 1.29 is 9.59 Å². The first-order valence-corrected chi connectivity index (χ1v) is 9.03. The molecule has 3 aromatic rings. The molecule has 0 saturated carbocycles. The number of imide groups is 1. The predicted molar refractivity (Wildman–Crippen MR) is 96.7 cm³/mol. The highest BCUT2D eigenvalue weighted by atomic mass is 32.2. The van der Waals surface area contributed by atoms with Gasteiger partial charge in [-0.25, -0.2) is 0 Å². The van der Waals surface area contributed by atoms with Gasteiger partial charge in [-0.1, -0.05) is 36.4 Å². The molecule has 0 bridgehead atoms. The van der Waals surface area contributed by atoms with Crippen molar-refractivity contribution >= 4 is 34.3 Å². The number of benzene rings is 2. The standard InChI is InChI=1S/C19H15N3O2S/c23-18-15-8-3-4-9-16(15)19(24)22(18)10-5-11-25-17-14-7-2-1-6-13(14)12-20-21-17/h1-4,6-9,12H,5,10-11H2. The molecule has 0 unspecified atom stereocenters. The molecule has 2 amide bonds. The first-order chi connectivity index (χ1) is 12.3. The fourth-order valence-electron chi connectivity index (χ4n) is 2.94. The maximum absolute atomic E-state index is 12.3. The van der Waals surface area contributed by atoms with Crippen LogP contribution in [0.25, 0.3) is 10.8 Å². The molecule has 6 heteroatoms. The average molecular weight is 349 g/mol. The Morgan fingerprint density at radius 3 is 2.36 bits per heavy atom. The van der Waals surface area contributed by atoms with E-state index < -0.39 is 0 Å². The monoisotopic (exact) mass is 349 g/mol. The van der Waals surface area contributed by atoms with E-state index in [1.54, 1.807) is 42.2 Å². The number of aromatic nitrogens is 2. The van der Waals surface area contributed by atoms with E-state index in [9.17, 15) is 9.59 Å². The van der Waals surface area contributed by atoms with Gasteiger partial charge in [0, 0.05) is 23.1 Å². The van der Waals surface area contributed by atoms with Crippen molar-refractivity contribution in [1.82, 2.24) is 15.1 Å². The Kier molecular flexibility index (Phi) is 4.19. The summed E-state index contributed by atoms with van der Waals surface area (Å²) in [5.41, 5.74) is 1.00. The molecule has 5 nitrogen and oxygen atoms in total. The van der Waals surface area contributed by atoms with Crippen LogP contribution >= 0.6 is 11.8 Å². The Hall–Kier alpha value is -2.73. The Morgan fingerprint density at radius 2 is 1.60 bits per heavy atom. The molecule has 0 saturated heterocycles. The summed E-state index contributed by atoms with van der Waals surface area (Å²) in [7, 11) is 0. The van der Waals surface area contributed by atoms with E-state index in [0.717, 1.165) is 21.6 Å². The molecule has 124 valence electrons. The third-order valence-corrected chi connectivity index (χ3v) is 5.25. The lowest BCUT2D eigenvalue weighted by Crippen LogP contribution is -2.31. The maximum Gasteiger partial charge on any atom is 0.261 e. The van der Waals surface area contributed by atoms with Gasteiger partial charge in [0.2, 0.25) is 0 Å². The minimum Gasteiger partial charge on any atom is -0.274 e. The van der Waals surface area contributed by atoms with Crippen LogP contribution in [0.1, 0.15) is 27.1 Å². The van der Waals surface area contributed by atoms with Gasteiger partial charge in [0.25, 0.3) is 11.8 Å². The van der Waals surface area contributed by atoms with E-state index in [-0.39, 0.29) is 11.8 Å². The fraction of sp³-hybridized carbons (Fsp3) is 0.158. The zero-order chi connectivity index (χ0) is 17.2. The highest BCUT2D eigenvalue weighted by Gasteiger charge is 2.34. The van der Waals surface area contributed by atoms with Crippen molar-refractivity contribution in [2.24, 2.45) is 0 Å². The smallest absolute Gasteiger partial charge is 0.261 e. The zero-order valence-electron chi connectivity index (χ0n) is 13.4. The summed E-state index contributed by atoms with van der Waals surface area (Å²) in [4.78, 5) is 26.0. The van der Waals surface area contributed by atoms with Crippen molar-refractivity contribution in [3.8, 4) is 0 Å². The molecule has 2 aromatic carbocycles. The zero-order valence-corrected chi connectivity index (χ0v) is 14.2. The Bertz CT molecular complexity index is 933. The normalized spacial score (nSPS) is 13.5. The highest BCUT2D eigenvalue weighted by molar-refractivity contribution is 7.99. The van der Waals surface area contributed by atoms with Gasteiger partial charge in [-0.15, -0.1) is 16.9 Å². The van der Waals surface area contributed by atoms with Gasteiger partial charge >= 0.3 is 0 Å². The van der Waals surface area contributed by atoms with Crippen LogP contribution in [-0.4, -0.2) is 39.2 Å². The number of thioether (sulfide) groups is 1. The molecule has 0 radical (unpaired) electrons. The minimum absolute atomic E-state index is 0.199. The molecule has 2 heterocycles. The van der Waals surface area contributed by atoms with Crippen LogP contribution in [-0.2, 0) is 0 Å². The van der Waals surface area contributed by atoms with Gasteiger partial charge in [-0.2, -0.15) is 5.10 Å². The number of carbonyl (C=O) groups is 2. The second-order valence-electron chi connectivity index (χ2n) is 5.75. The van der Waals surface area contributed by atoms with Crippen molar-refractivity contribution in [2.75, 3.05) is 12.3 Å². The second-order valence-corrected chi connectivity index (χ2v) is 6.83. The van der Waals surface area contributed by atoms with Crippen molar-refractivity contribution in [2.45, 2.75) is 11.4 Å². The summed E-state index contributed by atoms with van der Waals surface area (Å²) in [6.45, 7) is 0.414. The van der Waals surface area contributed by atoms with E-state index in [0.29, 0.717) is 24.1 Å². The minimum atomic E-state index is -0.199. The molecule has 0 fully saturated rings. The van der Waals surface area contributed by atoms with Gasteiger partial charge in [0.1, 0.15) is 5.03 Å². The molecule has 0 atom stereocenters. The van der Waals surface area contributed by atoms with E-state index >= 15 is 0 Å². The number of rotatable bonds is 5. The van der Waals surface area contributed by atoms with Crippen LogP contribution in [0.5, 0.6) is 0 Å². The highest BCUT2D eigenvalue weighted by Crippen LogP contribution is 2.26. The number of carbonyl (C=O) groups excluding carboxylic acids is 2. The Labute approximate surface area is 149 Å². The van der Waals surface area contributed by atoms with E-state index in [4.69, 9.17) is 0 Å². The molecular weight excluding hydrogens is 334 g/mol. The summed E-state index contributed by atoms with van der Waals surface area (Å²) in [5, 5.41) is 11.2. The molecule has 0 spiro atoms. The lowest BCUT2D eigenvalue weighted by atomic mass is 10.1. The lowest BCUT2D eigenvalue weighted by molar-refractivity contribution is 0.0655. The lowest BCUT2D eigenvalue weighted by Gasteiger charge is -2.13. The molecule has 4 rings (SSSR count). The number of amides is 2. The van der Waals surface area contributed by atoms with Gasteiger partial charge in [-0.3, -0.25) is 14.5 Å². The summed E-state index contributed by atoms with van der Waals surface area (Å²) >= 11 is 1.60. The first-order valence-electron chi connectivity index (χ1n) is 8.04. The molecule has 1 aromatic heterocycles. The van der Waals surface area contributed by atoms with Crippen molar-refractivity contribution in [1.29, 1.82) is 0 Å². The molecule has 0 aliphatic carbocycles. The molecule has 0 N–H and O–H groups in total. The quantitative estimate of drug-likeness (QED) is 0.401. The van der Waals surface area contributed by atoms with E-state index in [1.165, 1.54) is 4.90 Å². The van der Waals surface area contributed by atoms with Gasteiger partial charge in [0.15, 0.2) is 0 Å². The summed E-state index contributed by atoms with van der Waals surface area (Å²) in [6.07, 6.45) is 2.46. The van der Waals surface area contributed by atoms with Gasteiger partial charge < -0.3 is 0 Å². The van der Waals surface area contributed by atoms with Crippen LogP contribution in [0.4, 0.5) is 0 Å². The van der Waals surface area contributed by atoms with Gasteiger partial charge in [0.05, 0.1) is 17.3 Å². The second kappa shape index (κ2) is 6.64. The van der Waals surface area contributed by atoms with Crippen LogP contribution in [0.3, 0.4) is 0 Å². The molecular formula is C19H15N3O2S. The maximum atomic E-state index is 12.3. The third-order valence-electron chi connectivity index (χ3n) is 4.18. The number of hydrogen-bond acceptors (Lipinski definition) is 5. The summed E-state index contributed by atoms with van der Waals surface area (Å²) < 4.78 is 0. The SMILES string of the molecule is O=C1c2ccccc2C(=O)N1CCCSc1nncc2ccccc12. The summed E-state index contributed by atoms with van der Waals surface area (Å²) in [5.74, 6) is 0.363. The predicted octanol–water partition coefficient (Wildman–Crippen LogP) is 3.41. The number of hydrogen-bond donors (Lipinski definition) is 0. The van der Waals surface area contributed by atoms with Crippen LogP contribution < -0.4 is 0 Å². The molecule has 1 aliphatic heterocycles.